The van der Waals surface area contributed by atoms with Gasteiger partial charge in [0.25, 0.3) is 15.9 Å². The van der Waals surface area contributed by atoms with Gasteiger partial charge in [-0.05, 0) is 18.9 Å². The minimum atomic E-state index is -3.79. The molecule has 144 valence electrons. The van der Waals surface area contributed by atoms with Gasteiger partial charge in [0, 0.05) is 31.8 Å². The van der Waals surface area contributed by atoms with E-state index in [-0.39, 0.29) is 14.8 Å². The molecule has 1 aromatic heterocycles. The molecule has 0 unspecified atom stereocenters. The molecular weight excluding hydrogens is 388 g/mol. The van der Waals surface area contributed by atoms with E-state index in [2.05, 4.69) is 5.32 Å². The van der Waals surface area contributed by atoms with Crippen LogP contribution in [-0.2, 0) is 14.8 Å². The van der Waals surface area contributed by atoms with Gasteiger partial charge in [0.2, 0.25) is 11.8 Å². The van der Waals surface area contributed by atoms with Gasteiger partial charge in [0.15, 0.2) is 0 Å². The van der Waals surface area contributed by atoms with Gasteiger partial charge in [0.1, 0.15) is 9.21 Å². The minimum absolute atomic E-state index is 0.0201. The first-order valence-corrected chi connectivity index (χ1v) is 10.5. The van der Waals surface area contributed by atoms with Crippen LogP contribution in [0.1, 0.15) is 42.5 Å². The van der Waals surface area contributed by atoms with Crippen molar-refractivity contribution in [3.05, 3.63) is 11.6 Å². The number of nitrogens with zero attached hydrogens (tertiary/aromatic N) is 1. The van der Waals surface area contributed by atoms with Gasteiger partial charge in [-0.3, -0.25) is 9.59 Å². The van der Waals surface area contributed by atoms with Gasteiger partial charge >= 0.3 is 0 Å². The number of alkyl halides is 2. The second-order valence-corrected chi connectivity index (χ2v) is 9.80. The first-order chi connectivity index (χ1) is 12.1. The number of anilines is 1. The van der Waals surface area contributed by atoms with Crippen LogP contribution in [0, 0.1) is 5.92 Å². The summed E-state index contributed by atoms with van der Waals surface area (Å²) >= 11 is 0.719. The Bertz CT molecular complexity index is 824. The maximum absolute atomic E-state index is 12.9. The zero-order valence-electron chi connectivity index (χ0n) is 13.8. The molecule has 0 aromatic carbocycles. The van der Waals surface area contributed by atoms with Crippen LogP contribution < -0.4 is 11.1 Å². The normalized spacial score (nSPS) is 21.2. The number of hydrogen-bond donors (Lipinski definition) is 2. The lowest BCUT2D eigenvalue weighted by atomic mass is 9.81. The van der Waals surface area contributed by atoms with Crippen molar-refractivity contribution in [1.82, 2.24) is 4.31 Å². The van der Waals surface area contributed by atoms with Gasteiger partial charge in [-0.2, -0.15) is 4.31 Å². The number of nitrogens with one attached hydrogen (secondary N) is 1. The van der Waals surface area contributed by atoms with Crippen molar-refractivity contribution in [2.24, 2.45) is 11.7 Å². The zero-order valence-corrected chi connectivity index (χ0v) is 15.5. The number of primary amides is 1. The summed E-state index contributed by atoms with van der Waals surface area (Å²) in [4.78, 5) is 23.7. The van der Waals surface area contributed by atoms with E-state index >= 15 is 0 Å². The van der Waals surface area contributed by atoms with E-state index in [1.807, 2.05) is 0 Å². The lowest BCUT2D eigenvalue weighted by Crippen LogP contribution is -2.42. The third-order valence-electron chi connectivity index (χ3n) is 4.58. The average molecular weight is 407 g/mol. The Hall–Kier alpha value is -1.59. The number of amides is 2. The van der Waals surface area contributed by atoms with Crippen molar-refractivity contribution >= 4 is 38.2 Å². The van der Waals surface area contributed by atoms with Crippen LogP contribution in [0.3, 0.4) is 0 Å². The van der Waals surface area contributed by atoms with Gasteiger partial charge in [-0.1, -0.05) is 6.42 Å². The van der Waals surface area contributed by atoms with Crippen molar-refractivity contribution in [2.45, 2.75) is 42.2 Å². The summed E-state index contributed by atoms with van der Waals surface area (Å²) in [6.45, 7) is 0.788. The van der Waals surface area contributed by atoms with Gasteiger partial charge in [-0.15, -0.1) is 11.3 Å². The smallest absolute Gasteiger partial charge is 0.252 e. The van der Waals surface area contributed by atoms with Gasteiger partial charge in [0.05, 0.1) is 5.56 Å². The van der Waals surface area contributed by atoms with Crippen LogP contribution in [0.4, 0.5) is 13.8 Å². The van der Waals surface area contributed by atoms with Crippen molar-refractivity contribution < 1.29 is 26.8 Å². The lowest BCUT2D eigenvalue weighted by Gasteiger charge is -2.33. The maximum atomic E-state index is 12.9. The summed E-state index contributed by atoms with van der Waals surface area (Å²) in [6, 6.07) is 1.14. The van der Waals surface area contributed by atoms with E-state index in [1.54, 1.807) is 0 Å². The third kappa shape index (κ3) is 3.74. The number of carbonyl (C=O) groups is 2. The summed E-state index contributed by atoms with van der Waals surface area (Å²) in [5.74, 6) is -5.28. The topological polar surface area (TPSA) is 110 Å². The monoisotopic (exact) mass is 407 g/mol. The molecule has 1 saturated heterocycles. The highest BCUT2D eigenvalue weighted by Gasteiger charge is 2.49. The van der Waals surface area contributed by atoms with Crippen molar-refractivity contribution in [1.29, 1.82) is 0 Å². The summed E-state index contributed by atoms with van der Waals surface area (Å²) in [7, 11) is -3.79. The lowest BCUT2D eigenvalue weighted by molar-refractivity contribution is -0.145. The summed E-state index contributed by atoms with van der Waals surface area (Å²) in [6.07, 6.45) is 1.35. The summed E-state index contributed by atoms with van der Waals surface area (Å²) in [5, 5.41) is 2.37. The molecular formula is C15H19F2N3O4S2. The number of piperidine rings is 1. The molecule has 1 aliphatic heterocycles. The molecule has 2 amide bonds. The molecule has 3 N–H and O–H groups in total. The Balaban J connectivity index is 1.82. The molecule has 0 spiro atoms. The van der Waals surface area contributed by atoms with Crippen LogP contribution in [-0.4, -0.2) is 43.5 Å². The molecule has 7 nitrogen and oxygen atoms in total. The predicted molar refractivity (Wildman–Crippen MR) is 91.7 cm³/mol. The Kier molecular flexibility index (Phi) is 5.06. The first-order valence-electron chi connectivity index (χ1n) is 8.23. The third-order valence-corrected chi connectivity index (χ3v) is 7.98. The van der Waals surface area contributed by atoms with Crippen LogP contribution in [0.25, 0.3) is 0 Å². The average Bonchev–Trinajstić information content (AvgIpc) is 2.98. The number of sulfonamides is 1. The Morgan fingerprint density at radius 2 is 1.85 bits per heavy atom. The highest BCUT2D eigenvalue weighted by molar-refractivity contribution is 7.91. The fraction of sp³-hybridized carbons (Fsp3) is 0.600. The molecule has 2 fully saturated rings. The number of nitrogens with two attached hydrogens (primary N) is 1. The molecule has 2 heterocycles. The molecule has 0 radical (unpaired) electrons. The van der Waals surface area contributed by atoms with Crippen LogP contribution in [0.15, 0.2) is 10.3 Å². The number of rotatable bonds is 5. The summed E-state index contributed by atoms with van der Waals surface area (Å²) < 4.78 is 52.5. The molecule has 1 aliphatic carbocycles. The Morgan fingerprint density at radius 3 is 2.38 bits per heavy atom. The van der Waals surface area contributed by atoms with Crippen molar-refractivity contribution in [3.63, 3.8) is 0 Å². The standard InChI is InChI=1S/C15H19F2N3O4S2/c16-15(17)7-9(8-15)13(22)19-14-10(12(18)21)6-11(25-14)26(23,24)20-4-2-1-3-5-20/h6,9H,1-5,7-8H2,(H2,18,21)(H,19,22). The van der Waals surface area contributed by atoms with Crippen LogP contribution in [0.5, 0.6) is 0 Å². The molecule has 1 saturated carbocycles. The second-order valence-electron chi connectivity index (χ2n) is 6.59. The molecule has 1 aromatic rings. The van der Waals surface area contributed by atoms with E-state index in [9.17, 15) is 26.8 Å². The highest BCUT2D eigenvalue weighted by atomic mass is 32.2. The van der Waals surface area contributed by atoms with E-state index in [0.29, 0.717) is 13.1 Å². The van der Waals surface area contributed by atoms with E-state index in [0.717, 1.165) is 36.7 Å². The molecule has 0 atom stereocenters. The molecule has 26 heavy (non-hydrogen) atoms. The number of carbonyl (C=O) groups excluding carboxylic acids is 2. The van der Waals surface area contributed by atoms with Crippen molar-refractivity contribution in [2.75, 3.05) is 18.4 Å². The van der Waals surface area contributed by atoms with Gasteiger partial charge in [-0.25, -0.2) is 17.2 Å². The SMILES string of the molecule is NC(=O)c1cc(S(=O)(=O)N2CCCCC2)sc1NC(=O)C1CC(F)(F)C1. The number of halogens is 2. The molecule has 2 aliphatic rings. The minimum Gasteiger partial charge on any atom is -0.366 e. The molecule has 3 rings (SSSR count). The van der Waals surface area contributed by atoms with E-state index < -0.39 is 46.5 Å². The Labute approximate surface area is 153 Å². The maximum Gasteiger partial charge on any atom is 0.252 e. The van der Waals surface area contributed by atoms with Crippen LogP contribution in [0.2, 0.25) is 0 Å². The second kappa shape index (κ2) is 6.86. The first kappa shape index (κ1) is 19.2. The Morgan fingerprint density at radius 1 is 1.23 bits per heavy atom. The molecule has 11 heteroatoms. The number of hydrogen-bond acceptors (Lipinski definition) is 5. The quantitative estimate of drug-likeness (QED) is 0.778. The number of thiophene rings is 1. The van der Waals surface area contributed by atoms with Crippen LogP contribution >= 0.6 is 11.3 Å². The fourth-order valence-corrected chi connectivity index (χ4v) is 6.11. The highest BCUT2D eigenvalue weighted by Crippen LogP contribution is 2.43. The molecule has 0 bridgehead atoms. The van der Waals surface area contributed by atoms with Gasteiger partial charge < -0.3 is 11.1 Å². The largest absolute Gasteiger partial charge is 0.366 e. The van der Waals surface area contributed by atoms with E-state index in [4.69, 9.17) is 5.73 Å². The van der Waals surface area contributed by atoms with E-state index in [1.165, 1.54) is 4.31 Å². The van der Waals surface area contributed by atoms with Crippen molar-refractivity contribution in [3.8, 4) is 0 Å². The fourth-order valence-electron chi connectivity index (χ4n) is 3.06. The predicted octanol–water partition coefficient (Wildman–Crippen LogP) is 2.01. The zero-order chi connectivity index (χ0) is 19.1. The summed E-state index contributed by atoms with van der Waals surface area (Å²) in [5.41, 5.74) is 5.14.